The quantitative estimate of drug-likeness (QED) is 0.609. The third-order valence-electron chi connectivity index (χ3n) is 1.20. The normalized spacial score (nSPS) is 11.7. The van der Waals surface area contributed by atoms with E-state index >= 15 is 0 Å². The monoisotopic (exact) mass is 298 g/mol. The second-order valence-corrected chi connectivity index (χ2v) is 2.91. The molecule has 0 atom stereocenters. The number of carbonyl (C=O) groups excluding carboxylic acids is 2. The summed E-state index contributed by atoms with van der Waals surface area (Å²) in [6.07, 6.45) is -12.4. The number of halogens is 6. The molecule has 0 aliphatic heterocycles. The fourth-order valence-electron chi connectivity index (χ4n) is 0.585. The van der Waals surface area contributed by atoms with Crippen LogP contribution in [-0.4, -0.2) is 44.4 Å². The Morgan fingerprint density at radius 3 is 1.37 bits per heavy atom. The molecule has 112 valence electrons. The third kappa shape index (κ3) is 12.4. The van der Waals surface area contributed by atoms with Crippen LogP contribution in [0, 0.1) is 0 Å². The summed E-state index contributed by atoms with van der Waals surface area (Å²) in [6.45, 7) is -4.43. The Bertz CT molecular complexity index is 286. The van der Waals surface area contributed by atoms with Crippen LogP contribution in [0.1, 0.15) is 0 Å². The highest BCUT2D eigenvalue weighted by Crippen LogP contribution is 2.14. The lowest BCUT2D eigenvalue weighted by molar-refractivity contribution is -0.160. The smallest absolute Gasteiger partial charge is 0.422 e. The molecule has 0 saturated carbocycles. The number of ether oxygens (including phenoxy) is 2. The summed E-state index contributed by atoms with van der Waals surface area (Å²) in [5.74, 6) is 0. The Hall–Kier alpha value is -1.88. The Morgan fingerprint density at radius 1 is 0.789 bits per heavy atom. The van der Waals surface area contributed by atoms with Gasteiger partial charge in [-0.2, -0.15) is 26.3 Å². The van der Waals surface area contributed by atoms with Crippen LogP contribution in [0.2, 0.25) is 0 Å². The summed E-state index contributed by atoms with van der Waals surface area (Å²) in [7, 11) is 0. The first-order valence-corrected chi connectivity index (χ1v) is 4.44. The van der Waals surface area contributed by atoms with E-state index in [1.165, 1.54) is 0 Å². The van der Waals surface area contributed by atoms with Gasteiger partial charge in [0.05, 0.1) is 6.67 Å². The van der Waals surface area contributed by atoms with Crippen molar-refractivity contribution in [3.8, 4) is 0 Å². The molecule has 0 bridgehead atoms. The molecule has 0 rings (SSSR count). The Balaban J connectivity index is 3.68. The average molecular weight is 298 g/mol. The SMILES string of the molecule is O=C(NCNC(=O)OCC(F)(F)F)OCC(F)(F)F. The molecule has 0 heterocycles. The van der Waals surface area contributed by atoms with Crippen LogP contribution in [0.4, 0.5) is 35.9 Å². The summed E-state index contributed by atoms with van der Waals surface area (Å²) >= 11 is 0. The molecule has 2 amide bonds. The standard InChI is InChI=1S/C7H8F6N2O4/c8-6(9,10)1-18-4(16)14-3-15-5(17)19-2-7(11,12)13/h1-3H2,(H,14,16)(H,15,17). The van der Waals surface area contributed by atoms with Gasteiger partial charge in [0, 0.05) is 0 Å². The van der Waals surface area contributed by atoms with Crippen molar-refractivity contribution in [2.24, 2.45) is 0 Å². The minimum absolute atomic E-state index is 0.757. The number of alkyl carbamates (subject to hydrolysis) is 2. The largest absolute Gasteiger partial charge is 0.440 e. The van der Waals surface area contributed by atoms with Gasteiger partial charge in [-0.3, -0.25) is 0 Å². The molecule has 0 spiro atoms. The predicted octanol–water partition coefficient (Wildman–Crippen LogP) is 1.52. The van der Waals surface area contributed by atoms with Gasteiger partial charge in [0.25, 0.3) is 0 Å². The first-order chi connectivity index (χ1) is 8.49. The Labute approximate surface area is 102 Å². The second kappa shape index (κ2) is 6.89. The van der Waals surface area contributed by atoms with E-state index in [2.05, 4.69) is 9.47 Å². The highest BCUT2D eigenvalue weighted by atomic mass is 19.4. The maximum Gasteiger partial charge on any atom is 0.422 e. The van der Waals surface area contributed by atoms with Gasteiger partial charge in [0.15, 0.2) is 13.2 Å². The van der Waals surface area contributed by atoms with Crippen LogP contribution in [0.5, 0.6) is 0 Å². The molecular weight excluding hydrogens is 290 g/mol. The average Bonchev–Trinajstić information content (AvgIpc) is 2.22. The van der Waals surface area contributed by atoms with Crippen molar-refractivity contribution in [1.82, 2.24) is 10.6 Å². The molecule has 0 unspecified atom stereocenters. The lowest BCUT2D eigenvalue weighted by Crippen LogP contribution is -2.39. The van der Waals surface area contributed by atoms with Crippen molar-refractivity contribution in [3.63, 3.8) is 0 Å². The summed E-state index contributed by atoms with van der Waals surface area (Å²) < 4.78 is 76.8. The van der Waals surface area contributed by atoms with Crippen molar-refractivity contribution in [2.75, 3.05) is 19.9 Å². The van der Waals surface area contributed by atoms with Gasteiger partial charge in [-0.25, -0.2) is 9.59 Å². The maximum atomic E-state index is 11.6. The van der Waals surface area contributed by atoms with Gasteiger partial charge in [-0.1, -0.05) is 0 Å². The number of rotatable bonds is 4. The molecule has 0 aromatic heterocycles. The van der Waals surface area contributed by atoms with Gasteiger partial charge >= 0.3 is 24.5 Å². The molecular formula is C7H8F6N2O4. The van der Waals surface area contributed by atoms with Crippen molar-refractivity contribution in [2.45, 2.75) is 12.4 Å². The number of nitrogens with one attached hydrogen (secondary N) is 2. The molecule has 0 saturated heterocycles. The van der Waals surface area contributed by atoms with Crippen molar-refractivity contribution >= 4 is 12.2 Å². The van der Waals surface area contributed by atoms with E-state index in [1.807, 2.05) is 0 Å². The van der Waals surface area contributed by atoms with E-state index in [4.69, 9.17) is 0 Å². The van der Waals surface area contributed by atoms with Gasteiger partial charge in [0.2, 0.25) is 0 Å². The van der Waals surface area contributed by atoms with E-state index in [0.717, 1.165) is 0 Å². The fraction of sp³-hybridized carbons (Fsp3) is 0.714. The van der Waals surface area contributed by atoms with E-state index in [0.29, 0.717) is 0 Å². The molecule has 2 N–H and O–H groups in total. The highest BCUT2D eigenvalue weighted by molar-refractivity contribution is 5.70. The van der Waals surface area contributed by atoms with Crippen LogP contribution in [0.15, 0.2) is 0 Å². The summed E-state index contributed by atoms with van der Waals surface area (Å²) in [5.41, 5.74) is 0. The van der Waals surface area contributed by atoms with Crippen LogP contribution < -0.4 is 10.6 Å². The van der Waals surface area contributed by atoms with E-state index in [9.17, 15) is 35.9 Å². The summed E-state index contributed by atoms with van der Waals surface area (Å²) in [4.78, 5) is 21.2. The molecule has 0 aromatic rings. The maximum absolute atomic E-state index is 11.6. The lowest BCUT2D eigenvalue weighted by atomic mass is 10.7. The van der Waals surface area contributed by atoms with E-state index in [-0.39, 0.29) is 0 Å². The summed E-state index contributed by atoms with van der Waals surface area (Å²) in [5, 5.41) is 3.26. The number of amides is 2. The molecule has 0 aliphatic rings. The van der Waals surface area contributed by atoms with E-state index < -0.39 is 44.4 Å². The van der Waals surface area contributed by atoms with E-state index in [1.54, 1.807) is 10.6 Å². The third-order valence-corrected chi connectivity index (χ3v) is 1.20. The van der Waals surface area contributed by atoms with Gasteiger partial charge in [0.1, 0.15) is 0 Å². The van der Waals surface area contributed by atoms with Crippen LogP contribution in [-0.2, 0) is 9.47 Å². The van der Waals surface area contributed by atoms with Crippen molar-refractivity contribution in [3.05, 3.63) is 0 Å². The number of alkyl halides is 6. The minimum atomic E-state index is -4.71. The van der Waals surface area contributed by atoms with Crippen molar-refractivity contribution in [1.29, 1.82) is 0 Å². The predicted molar refractivity (Wildman–Crippen MR) is 45.9 cm³/mol. The van der Waals surface area contributed by atoms with Gasteiger partial charge < -0.3 is 20.1 Å². The highest BCUT2D eigenvalue weighted by Gasteiger charge is 2.30. The van der Waals surface area contributed by atoms with Crippen molar-refractivity contribution < 1.29 is 45.4 Å². The molecule has 0 aromatic carbocycles. The zero-order chi connectivity index (χ0) is 15.1. The van der Waals surface area contributed by atoms with Crippen LogP contribution >= 0.6 is 0 Å². The lowest BCUT2D eigenvalue weighted by Gasteiger charge is -2.11. The molecule has 19 heavy (non-hydrogen) atoms. The summed E-state index contributed by atoms with van der Waals surface area (Å²) in [6, 6.07) is 0. The number of hydrogen-bond donors (Lipinski definition) is 2. The number of hydrogen-bond acceptors (Lipinski definition) is 4. The fourth-order valence-corrected chi connectivity index (χ4v) is 0.585. The first kappa shape index (κ1) is 17.1. The molecule has 12 heteroatoms. The topological polar surface area (TPSA) is 76.7 Å². The molecule has 0 aliphatic carbocycles. The van der Waals surface area contributed by atoms with Gasteiger partial charge in [-0.05, 0) is 0 Å². The zero-order valence-electron chi connectivity index (χ0n) is 9.02. The zero-order valence-corrected chi connectivity index (χ0v) is 9.02. The first-order valence-electron chi connectivity index (χ1n) is 4.44. The molecule has 0 fully saturated rings. The van der Waals surface area contributed by atoms with Crippen LogP contribution in [0.3, 0.4) is 0 Å². The molecule has 0 radical (unpaired) electrons. The minimum Gasteiger partial charge on any atom is -0.440 e. The van der Waals surface area contributed by atoms with Crippen LogP contribution in [0.25, 0.3) is 0 Å². The molecule has 6 nitrogen and oxygen atoms in total. The second-order valence-electron chi connectivity index (χ2n) is 2.91. The Morgan fingerprint density at radius 2 is 1.11 bits per heavy atom. The number of carbonyl (C=O) groups is 2. The van der Waals surface area contributed by atoms with Gasteiger partial charge in [-0.15, -0.1) is 0 Å². The Kier molecular flexibility index (Phi) is 6.21.